The van der Waals surface area contributed by atoms with Crippen LogP contribution < -0.4 is 10.6 Å². The summed E-state index contributed by atoms with van der Waals surface area (Å²) in [7, 11) is 0. The molecule has 8 heteroatoms. The summed E-state index contributed by atoms with van der Waals surface area (Å²) in [6.45, 7) is 11.1. The fourth-order valence-electron chi connectivity index (χ4n) is 3.55. The highest BCUT2D eigenvalue weighted by molar-refractivity contribution is 5.95. The van der Waals surface area contributed by atoms with Gasteiger partial charge in [0.2, 0.25) is 11.8 Å². The molecule has 2 fully saturated rings. The lowest BCUT2D eigenvalue weighted by Gasteiger charge is -2.28. The Balaban J connectivity index is 1.49. The highest BCUT2D eigenvalue weighted by atomic mass is 16.5. The van der Waals surface area contributed by atoms with Crippen LogP contribution in [0.1, 0.15) is 12.5 Å². The molecule has 2 heterocycles. The Morgan fingerprint density at radius 1 is 1.00 bits per heavy atom. The second-order valence-corrected chi connectivity index (χ2v) is 7.77. The number of aryl methyl sites for hydroxylation is 1. The maximum absolute atomic E-state index is 12.5. The minimum atomic E-state index is -0.110. The largest absolute Gasteiger partial charge is 0.379 e. The molecular formula is C21H32N4O4. The Labute approximate surface area is 172 Å². The molecule has 1 aromatic carbocycles. The van der Waals surface area contributed by atoms with Gasteiger partial charge in [-0.05, 0) is 30.7 Å². The van der Waals surface area contributed by atoms with Gasteiger partial charge in [-0.2, -0.15) is 0 Å². The molecule has 8 nitrogen and oxygen atoms in total. The van der Waals surface area contributed by atoms with E-state index in [2.05, 4.69) is 20.4 Å². The van der Waals surface area contributed by atoms with E-state index in [-0.39, 0.29) is 17.7 Å². The van der Waals surface area contributed by atoms with Crippen molar-refractivity contribution in [3.8, 4) is 0 Å². The van der Waals surface area contributed by atoms with E-state index in [1.807, 2.05) is 32.0 Å². The van der Waals surface area contributed by atoms with Crippen LogP contribution in [0.3, 0.4) is 0 Å². The van der Waals surface area contributed by atoms with Crippen molar-refractivity contribution >= 4 is 23.2 Å². The monoisotopic (exact) mass is 404 g/mol. The number of carbonyl (C=O) groups is 2. The normalized spacial score (nSPS) is 19.5. The summed E-state index contributed by atoms with van der Waals surface area (Å²) in [5.41, 5.74) is 2.43. The van der Waals surface area contributed by atoms with Gasteiger partial charge in [-0.1, -0.05) is 6.92 Å². The van der Waals surface area contributed by atoms with E-state index < -0.39 is 0 Å². The van der Waals surface area contributed by atoms with E-state index in [0.29, 0.717) is 19.8 Å². The Morgan fingerprint density at radius 2 is 1.62 bits per heavy atom. The number of amides is 2. The van der Waals surface area contributed by atoms with Crippen LogP contribution in [0.25, 0.3) is 0 Å². The van der Waals surface area contributed by atoms with E-state index in [4.69, 9.17) is 9.47 Å². The standard InChI is InChI=1S/C21H32N4O4/c1-16-13-18(22-21(27)17(2)14-24-5-9-28-10-6-24)3-4-19(16)23-20(26)15-25-7-11-29-12-8-25/h3-4,13,17H,5-12,14-15H2,1-2H3,(H,22,27)(H,23,26)/t17-/m1/s1. The number of nitrogens with one attached hydrogen (secondary N) is 2. The van der Waals surface area contributed by atoms with Gasteiger partial charge in [0.15, 0.2) is 0 Å². The van der Waals surface area contributed by atoms with Gasteiger partial charge in [0.05, 0.1) is 33.0 Å². The molecule has 2 amide bonds. The lowest BCUT2D eigenvalue weighted by molar-refractivity contribution is -0.120. The molecule has 2 aliphatic rings. The van der Waals surface area contributed by atoms with Gasteiger partial charge in [-0.3, -0.25) is 19.4 Å². The summed E-state index contributed by atoms with van der Waals surface area (Å²) in [5, 5.41) is 5.95. The molecule has 29 heavy (non-hydrogen) atoms. The van der Waals surface area contributed by atoms with Crippen molar-refractivity contribution in [2.75, 3.05) is 76.3 Å². The SMILES string of the molecule is Cc1cc(NC(=O)[C@H](C)CN2CCOCC2)ccc1NC(=O)CN1CCOCC1. The molecule has 3 rings (SSSR count). The fourth-order valence-corrected chi connectivity index (χ4v) is 3.55. The Hall–Kier alpha value is -2.00. The molecular weight excluding hydrogens is 372 g/mol. The molecule has 0 bridgehead atoms. The number of morpholine rings is 2. The van der Waals surface area contributed by atoms with Crippen LogP contribution >= 0.6 is 0 Å². The minimum absolute atomic E-state index is 0.00000479. The van der Waals surface area contributed by atoms with Crippen LogP contribution in [0.4, 0.5) is 11.4 Å². The quantitative estimate of drug-likeness (QED) is 0.710. The van der Waals surface area contributed by atoms with Crippen molar-refractivity contribution < 1.29 is 19.1 Å². The summed E-state index contributed by atoms with van der Waals surface area (Å²) in [4.78, 5) is 29.2. The second-order valence-electron chi connectivity index (χ2n) is 7.77. The summed E-state index contributed by atoms with van der Waals surface area (Å²) >= 11 is 0. The molecule has 2 N–H and O–H groups in total. The van der Waals surface area contributed by atoms with E-state index in [9.17, 15) is 9.59 Å². The van der Waals surface area contributed by atoms with Gasteiger partial charge in [0.25, 0.3) is 0 Å². The van der Waals surface area contributed by atoms with Gasteiger partial charge in [-0.25, -0.2) is 0 Å². The molecule has 0 saturated carbocycles. The zero-order valence-electron chi connectivity index (χ0n) is 17.4. The number of ether oxygens (including phenoxy) is 2. The average molecular weight is 405 g/mol. The maximum Gasteiger partial charge on any atom is 0.238 e. The van der Waals surface area contributed by atoms with E-state index in [0.717, 1.165) is 62.9 Å². The highest BCUT2D eigenvalue weighted by Crippen LogP contribution is 2.20. The first kappa shape index (κ1) is 21.7. The molecule has 0 unspecified atom stereocenters. The number of anilines is 2. The first-order chi connectivity index (χ1) is 14.0. The minimum Gasteiger partial charge on any atom is -0.379 e. The van der Waals surface area contributed by atoms with Gasteiger partial charge in [-0.15, -0.1) is 0 Å². The summed E-state index contributed by atoms with van der Waals surface area (Å²) in [6, 6.07) is 5.56. The summed E-state index contributed by atoms with van der Waals surface area (Å²) in [6.07, 6.45) is 0. The first-order valence-electron chi connectivity index (χ1n) is 10.3. The molecule has 0 radical (unpaired) electrons. The predicted molar refractivity (Wildman–Crippen MR) is 112 cm³/mol. The van der Waals surface area contributed by atoms with Crippen molar-refractivity contribution in [1.29, 1.82) is 0 Å². The fraction of sp³-hybridized carbons (Fsp3) is 0.619. The molecule has 160 valence electrons. The number of rotatable bonds is 7. The summed E-state index contributed by atoms with van der Waals surface area (Å²) in [5.74, 6) is -0.146. The smallest absolute Gasteiger partial charge is 0.238 e. The number of carbonyl (C=O) groups excluding carboxylic acids is 2. The topological polar surface area (TPSA) is 83.1 Å². The molecule has 1 atom stereocenters. The number of nitrogens with zero attached hydrogens (tertiary/aromatic N) is 2. The van der Waals surface area contributed by atoms with Crippen molar-refractivity contribution in [3.05, 3.63) is 23.8 Å². The van der Waals surface area contributed by atoms with Crippen LogP contribution in [0.15, 0.2) is 18.2 Å². The van der Waals surface area contributed by atoms with E-state index in [1.165, 1.54) is 0 Å². The highest BCUT2D eigenvalue weighted by Gasteiger charge is 2.19. The Morgan fingerprint density at radius 3 is 2.24 bits per heavy atom. The van der Waals surface area contributed by atoms with E-state index in [1.54, 1.807) is 0 Å². The maximum atomic E-state index is 12.5. The first-order valence-corrected chi connectivity index (χ1v) is 10.3. The van der Waals surface area contributed by atoms with Gasteiger partial charge in [0, 0.05) is 50.0 Å². The molecule has 2 saturated heterocycles. The molecule has 0 spiro atoms. The third kappa shape index (κ3) is 6.78. The molecule has 0 aromatic heterocycles. The number of hydrogen-bond donors (Lipinski definition) is 2. The Kier molecular flexibility index (Phi) is 8.00. The third-order valence-electron chi connectivity index (χ3n) is 5.32. The van der Waals surface area contributed by atoms with Gasteiger partial charge < -0.3 is 20.1 Å². The van der Waals surface area contributed by atoms with Crippen LogP contribution in [-0.4, -0.2) is 87.3 Å². The Bertz CT molecular complexity index is 700. The number of hydrogen-bond acceptors (Lipinski definition) is 6. The predicted octanol–water partition coefficient (Wildman–Crippen LogP) is 1.17. The third-order valence-corrected chi connectivity index (χ3v) is 5.32. The van der Waals surface area contributed by atoms with Crippen LogP contribution in [0, 0.1) is 12.8 Å². The van der Waals surface area contributed by atoms with Gasteiger partial charge >= 0.3 is 0 Å². The van der Waals surface area contributed by atoms with Crippen molar-refractivity contribution in [2.24, 2.45) is 5.92 Å². The van der Waals surface area contributed by atoms with Crippen molar-refractivity contribution in [3.63, 3.8) is 0 Å². The zero-order valence-corrected chi connectivity index (χ0v) is 17.4. The second kappa shape index (κ2) is 10.7. The number of benzene rings is 1. The molecule has 1 aromatic rings. The van der Waals surface area contributed by atoms with Crippen molar-refractivity contribution in [2.45, 2.75) is 13.8 Å². The average Bonchev–Trinajstić information content (AvgIpc) is 2.71. The molecule has 2 aliphatic heterocycles. The zero-order chi connectivity index (χ0) is 20.6. The lowest BCUT2D eigenvalue weighted by Crippen LogP contribution is -2.41. The lowest BCUT2D eigenvalue weighted by atomic mass is 10.1. The van der Waals surface area contributed by atoms with Gasteiger partial charge in [0.1, 0.15) is 0 Å². The summed E-state index contributed by atoms with van der Waals surface area (Å²) < 4.78 is 10.7. The van der Waals surface area contributed by atoms with Crippen molar-refractivity contribution in [1.82, 2.24) is 9.80 Å². The van der Waals surface area contributed by atoms with E-state index >= 15 is 0 Å². The van der Waals surface area contributed by atoms with Crippen LogP contribution in [0.2, 0.25) is 0 Å². The van der Waals surface area contributed by atoms with Crippen LogP contribution in [0.5, 0.6) is 0 Å². The molecule has 0 aliphatic carbocycles. The van der Waals surface area contributed by atoms with Crippen LogP contribution in [-0.2, 0) is 19.1 Å².